The molecule has 0 aromatic heterocycles. The fourth-order valence-corrected chi connectivity index (χ4v) is 0.970. The summed E-state index contributed by atoms with van der Waals surface area (Å²) in [4.78, 5) is 12.6. The molecule has 15 heavy (non-hydrogen) atoms. The normalized spacial score (nSPS) is 16.7. The van der Waals surface area contributed by atoms with Crippen LogP contribution in [0.2, 0.25) is 0 Å². The van der Waals surface area contributed by atoms with Crippen LogP contribution in [0.1, 0.15) is 6.92 Å². The molecule has 0 fully saturated rings. The van der Waals surface area contributed by atoms with Crippen LogP contribution < -0.4 is 0 Å². The largest absolute Gasteiger partial charge is 0.471 e. The van der Waals surface area contributed by atoms with E-state index in [1.54, 1.807) is 0 Å². The first kappa shape index (κ1) is 14.5. The number of rotatable bonds is 2. The van der Waals surface area contributed by atoms with Crippen LogP contribution in [0.5, 0.6) is 0 Å². The number of nitrogens with zero attached hydrogens (tertiary/aromatic N) is 2. The molecule has 7 heteroatoms. The van der Waals surface area contributed by atoms with Gasteiger partial charge in [-0.1, -0.05) is 0 Å². The molecule has 1 heterocycles. The van der Waals surface area contributed by atoms with Crippen molar-refractivity contribution in [2.75, 3.05) is 28.3 Å². The van der Waals surface area contributed by atoms with Crippen molar-refractivity contribution in [3.63, 3.8) is 0 Å². The zero-order valence-corrected chi connectivity index (χ0v) is 10.6. The van der Waals surface area contributed by atoms with Crippen LogP contribution in [0.3, 0.4) is 0 Å². The van der Waals surface area contributed by atoms with Gasteiger partial charge in [0, 0.05) is 40.7 Å². The Balaban J connectivity index is 0.000000265. The van der Waals surface area contributed by atoms with Crippen LogP contribution in [0.25, 0.3) is 0 Å². The predicted molar refractivity (Wildman–Crippen MR) is 58.0 cm³/mol. The van der Waals surface area contributed by atoms with Crippen LogP contribution in [0, 0.1) is 0 Å². The Hall–Kier alpha value is -0.550. The average molecular weight is 238 g/mol. The lowest BCUT2D eigenvalue weighted by molar-refractivity contribution is 0.204. The van der Waals surface area contributed by atoms with Crippen molar-refractivity contribution in [3.8, 4) is 0 Å². The van der Waals surface area contributed by atoms with E-state index in [0.717, 1.165) is 14.2 Å². The Morgan fingerprint density at radius 1 is 1.20 bits per heavy atom. The van der Waals surface area contributed by atoms with E-state index in [1.807, 2.05) is 0 Å². The van der Waals surface area contributed by atoms with Gasteiger partial charge in [0.05, 0.1) is 6.17 Å². The second-order valence-electron chi connectivity index (χ2n) is 3.09. The Morgan fingerprint density at radius 3 is 1.60 bits per heavy atom. The van der Waals surface area contributed by atoms with E-state index in [9.17, 15) is 4.57 Å². The highest BCUT2D eigenvalue weighted by atomic mass is 31.2. The molecule has 0 bridgehead atoms. The summed E-state index contributed by atoms with van der Waals surface area (Å²) >= 11 is 0. The maximum absolute atomic E-state index is 10.1. The molecule has 0 spiro atoms. The number of hydrogen-bond acceptors (Lipinski definition) is 5. The zero-order chi connectivity index (χ0) is 12.1. The molecule has 0 radical (unpaired) electrons. The Bertz CT molecular complexity index is 239. The maximum atomic E-state index is 10.1. The van der Waals surface area contributed by atoms with Crippen molar-refractivity contribution in [2.24, 2.45) is 0 Å². The molecular weight excluding hydrogens is 219 g/mol. The lowest BCUT2D eigenvalue weighted by atomic mass is 10.5. The van der Waals surface area contributed by atoms with E-state index < -0.39 is 7.82 Å². The van der Waals surface area contributed by atoms with Gasteiger partial charge in [0.1, 0.15) is 0 Å². The van der Waals surface area contributed by atoms with E-state index in [2.05, 4.69) is 52.3 Å². The molecule has 0 saturated heterocycles. The third-order valence-electron chi connectivity index (χ3n) is 2.18. The predicted octanol–water partition coefficient (Wildman–Crippen LogP) is 1.06. The van der Waals surface area contributed by atoms with E-state index in [1.165, 1.54) is 0 Å². The number of phosphoric acid groups is 1. The Morgan fingerprint density at radius 2 is 1.53 bits per heavy atom. The lowest BCUT2D eigenvalue weighted by Crippen LogP contribution is -2.30. The summed E-state index contributed by atoms with van der Waals surface area (Å²) in [7, 11) is 2.70. The van der Waals surface area contributed by atoms with E-state index >= 15 is 0 Å². The van der Waals surface area contributed by atoms with Gasteiger partial charge in [0.15, 0.2) is 0 Å². The molecule has 0 amide bonds. The van der Waals surface area contributed by atoms with E-state index in [0.29, 0.717) is 6.17 Å². The molecule has 0 atom stereocenters. The highest BCUT2D eigenvalue weighted by molar-refractivity contribution is 7.47. The summed E-state index contributed by atoms with van der Waals surface area (Å²) in [5.74, 6) is 0. The lowest BCUT2D eigenvalue weighted by Gasteiger charge is -2.22. The molecule has 1 aliphatic heterocycles. The first-order valence-electron chi connectivity index (χ1n) is 4.40. The van der Waals surface area contributed by atoms with Crippen LogP contribution >= 0.6 is 7.82 Å². The molecule has 0 aromatic carbocycles. The summed E-state index contributed by atoms with van der Waals surface area (Å²) in [6.07, 6.45) is 4.69. The minimum atomic E-state index is -3.65. The van der Waals surface area contributed by atoms with Crippen LogP contribution in [0.15, 0.2) is 12.4 Å². The van der Waals surface area contributed by atoms with Gasteiger partial charge < -0.3 is 14.7 Å². The third-order valence-corrected chi connectivity index (χ3v) is 3.10. The fraction of sp³-hybridized carbons (Fsp3) is 0.750. The molecular formula is C8H19N2O4P. The van der Waals surface area contributed by atoms with Crippen molar-refractivity contribution in [3.05, 3.63) is 12.4 Å². The van der Waals surface area contributed by atoms with Crippen LogP contribution in [-0.2, 0) is 13.6 Å². The Labute approximate surface area is 90.7 Å². The molecule has 90 valence electrons. The molecule has 1 N–H and O–H groups in total. The highest BCUT2D eigenvalue weighted by Gasteiger charge is 2.13. The van der Waals surface area contributed by atoms with Gasteiger partial charge in [-0.3, -0.25) is 9.05 Å². The Kier molecular flexibility index (Phi) is 5.90. The SMILES string of the molecule is CC1N(C)C=CN1C.COP(=O)(O)OC. The standard InChI is InChI=1S/C6H12N2.C2H7O4P/c1-6-7(2)4-5-8(6)3;1-5-7(3,4)6-2/h4-6H,1-3H3;1-2H3,(H,3,4). The van der Waals surface area contributed by atoms with Gasteiger partial charge in [-0.2, -0.15) is 0 Å². The summed E-state index contributed by atoms with van der Waals surface area (Å²) in [5.41, 5.74) is 0. The topological polar surface area (TPSA) is 62.2 Å². The summed E-state index contributed by atoms with van der Waals surface area (Å²) in [5, 5.41) is 0. The first-order valence-corrected chi connectivity index (χ1v) is 5.90. The second-order valence-corrected chi connectivity index (χ2v) is 4.76. The van der Waals surface area contributed by atoms with E-state index in [-0.39, 0.29) is 0 Å². The molecule has 1 aliphatic rings. The minimum Gasteiger partial charge on any atom is -0.359 e. The quantitative estimate of drug-likeness (QED) is 0.726. The number of hydrogen-bond donors (Lipinski definition) is 1. The van der Waals surface area contributed by atoms with Gasteiger partial charge in [-0.15, -0.1) is 0 Å². The molecule has 0 saturated carbocycles. The second kappa shape index (κ2) is 6.12. The van der Waals surface area contributed by atoms with Crippen LogP contribution in [-0.4, -0.2) is 49.2 Å². The molecule has 0 aromatic rings. The van der Waals surface area contributed by atoms with Crippen molar-refractivity contribution < 1.29 is 18.5 Å². The monoisotopic (exact) mass is 238 g/mol. The van der Waals surface area contributed by atoms with Crippen molar-refractivity contribution >= 4 is 7.82 Å². The van der Waals surface area contributed by atoms with Gasteiger partial charge in [-0.05, 0) is 6.92 Å². The molecule has 0 aliphatic carbocycles. The van der Waals surface area contributed by atoms with Crippen molar-refractivity contribution in [1.29, 1.82) is 0 Å². The van der Waals surface area contributed by atoms with Gasteiger partial charge >= 0.3 is 7.82 Å². The van der Waals surface area contributed by atoms with Gasteiger partial charge in [-0.25, -0.2) is 4.57 Å². The maximum Gasteiger partial charge on any atom is 0.471 e. The number of phosphoric ester groups is 1. The average Bonchev–Trinajstić information content (AvgIpc) is 2.51. The summed E-state index contributed by atoms with van der Waals surface area (Å²) in [6, 6.07) is 0. The summed E-state index contributed by atoms with van der Waals surface area (Å²) in [6.45, 7) is 2.17. The fourth-order valence-electron chi connectivity index (χ4n) is 0.821. The van der Waals surface area contributed by atoms with Gasteiger partial charge in [0.25, 0.3) is 0 Å². The first-order chi connectivity index (χ1) is 6.84. The molecule has 1 rings (SSSR count). The molecule has 6 nitrogen and oxygen atoms in total. The molecule has 0 unspecified atom stereocenters. The third kappa shape index (κ3) is 5.18. The smallest absolute Gasteiger partial charge is 0.359 e. The van der Waals surface area contributed by atoms with Crippen molar-refractivity contribution in [1.82, 2.24) is 9.80 Å². The van der Waals surface area contributed by atoms with Crippen LogP contribution in [0.4, 0.5) is 0 Å². The zero-order valence-electron chi connectivity index (χ0n) is 9.75. The van der Waals surface area contributed by atoms with E-state index in [4.69, 9.17) is 4.89 Å². The summed E-state index contributed by atoms with van der Waals surface area (Å²) < 4.78 is 18.0. The highest BCUT2D eigenvalue weighted by Crippen LogP contribution is 2.40. The minimum absolute atomic E-state index is 0.537. The van der Waals surface area contributed by atoms with Crippen molar-refractivity contribution in [2.45, 2.75) is 13.1 Å². The van der Waals surface area contributed by atoms with Gasteiger partial charge in [0.2, 0.25) is 0 Å².